The molecular formula is C24H22BN7O. The monoisotopic (exact) mass is 435 g/mol. The summed E-state index contributed by atoms with van der Waals surface area (Å²) in [5, 5.41) is 4.25. The molecule has 8 nitrogen and oxygen atoms in total. The van der Waals surface area contributed by atoms with E-state index in [1.165, 1.54) is 6.33 Å². The lowest BCUT2D eigenvalue weighted by Gasteiger charge is -2.16. The van der Waals surface area contributed by atoms with Gasteiger partial charge < -0.3 is 14.5 Å². The molecule has 0 amide bonds. The number of aromatic nitrogens is 6. The number of rotatable bonds is 8. The van der Waals surface area contributed by atoms with Crippen molar-refractivity contribution in [3.05, 3.63) is 84.7 Å². The minimum Gasteiger partial charge on any atom is -0.492 e. The second-order valence-electron chi connectivity index (χ2n) is 7.68. The number of aryl methyl sites for hydroxylation is 1. The molecule has 0 aliphatic carbocycles. The molecule has 33 heavy (non-hydrogen) atoms. The van der Waals surface area contributed by atoms with Gasteiger partial charge in [-0.25, -0.2) is 14.5 Å². The lowest BCUT2D eigenvalue weighted by Crippen LogP contribution is -2.25. The number of nitrogens with one attached hydrogen (secondary N) is 1. The molecule has 0 atom stereocenters. The van der Waals surface area contributed by atoms with Crippen LogP contribution in [0.1, 0.15) is 11.5 Å². The van der Waals surface area contributed by atoms with Gasteiger partial charge in [0.05, 0.1) is 23.7 Å². The maximum Gasteiger partial charge on any atom is 0.183 e. The zero-order valence-corrected chi connectivity index (χ0v) is 18.2. The van der Waals surface area contributed by atoms with Gasteiger partial charge in [0.2, 0.25) is 0 Å². The molecular weight excluding hydrogens is 413 g/mol. The van der Waals surface area contributed by atoms with Gasteiger partial charge in [0.25, 0.3) is 0 Å². The second-order valence-corrected chi connectivity index (χ2v) is 7.68. The first kappa shape index (κ1) is 20.9. The molecule has 4 heterocycles. The summed E-state index contributed by atoms with van der Waals surface area (Å²) in [6.07, 6.45) is 3.44. The summed E-state index contributed by atoms with van der Waals surface area (Å²) in [7, 11) is 6.25. The third-order valence-electron chi connectivity index (χ3n) is 5.19. The molecule has 1 N–H and O–H groups in total. The van der Waals surface area contributed by atoms with E-state index in [9.17, 15) is 0 Å². The maximum absolute atomic E-state index is 6.25. The van der Waals surface area contributed by atoms with E-state index in [4.69, 9.17) is 17.7 Å². The molecule has 162 valence electrons. The van der Waals surface area contributed by atoms with Crippen LogP contribution in [0.15, 0.2) is 73.2 Å². The van der Waals surface area contributed by atoms with Crippen molar-refractivity contribution in [2.45, 2.75) is 13.5 Å². The van der Waals surface area contributed by atoms with Gasteiger partial charge in [-0.15, -0.1) is 0 Å². The van der Waals surface area contributed by atoms with Crippen LogP contribution < -0.4 is 4.74 Å². The Morgan fingerprint density at radius 2 is 1.91 bits per heavy atom. The fourth-order valence-electron chi connectivity index (χ4n) is 3.60. The van der Waals surface area contributed by atoms with E-state index >= 15 is 0 Å². The minimum atomic E-state index is 0.433. The lowest BCUT2D eigenvalue weighted by atomic mass is 10.1. The van der Waals surface area contributed by atoms with Crippen LogP contribution in [-0.4, -0.2) is 55.5 Å². The quantitative estimate of drug-likeness (QED) is 0.376. The number of ether oxygens (including phenoxy) is 1. The Morgan fingerprint density at radius 3 is 2.76 bits per heavy atom. The number of hydrogen-bond donors (Lipinski definition) is 1. The van der Waals surface area contributed by atoms with Crippen LogP contribution in [0.3, 0.4) is 0 Å². The molecule has 9 heteroatoms. The molecule has 5 rings (SSSR count). The molecule has 2 radical (unpaired) electrons. The van der Waals surface area contributed by atoms with Gasteiger partial charge in [0.1, 0.15) is 17.9 Å². The van der Waals surface area contributed by atoms with E-state index in [1.54, 1.807) is 9.33 Å². The molecule has 0 unspecified atom stereocenters. The normalized spacial score (nSPS) is 11.3. The summed E-state index contributed by atoms with van der Waals surface area (Å²) in [6, 6.07) is 19.5. The zero-order valence-electron chi connectivity index (χ0n) is 18.2. The summed E-state index contributed by atoms with van der Waals surface area (Å²) in [5.41, 5.74) is 5.05. The van der Waals surface area contributed by atoms with Gasteiger partial charge in [-0.2, -0.15) is 5.10 Å². The molecule has 5 aromatic rings. The highest BCUT2D eigenvalue weighted by Crippen LogP contribution is 2.29. The zero-order chi connectivity index (χ0) is 22.6. The van der Waals surface area contributed by atoms with Crippen LogP contribution in [0.4, 0.5) is 0 Å². The average Bonchev–Trinajstić information content (AvgIpc) is 3.46. The van der Waals surface area contributed by atoms with Gasteiger partial charge in [-0.3, -0.25) is 4.98 Å². The second kappa shape index (κ2) is 9.26. The first-order chi connectivity index (χ1) is 16.2. The number of nitrogens with zero attached hydrogens (tertiary/aromatic N) is 6. The minimum absolute atomic E-state index is 0.433. The summed E-state index contributed by atoms with van der Waals surface area (Å²) in [4.78, 5) is 18.9. The topological polar surface area (TPSA) is 84.2 Å². The molecule has 0 fully saturated rings. The molecule has 0 spiro atoms. The largest absolute Gasteiger partial charge is 0.492 e. The fraction of sp³-hybridized carbons (Fsp3) is 0.167. The Balaban J connectivity index is 1.39. The first-order valence-corrected chi connectivity index (χ1v) is 10.7. The highest BCUT2D eigenvalue weighted by molar-refractivity contribution is 6.04. The summed E-state index contributed by atoms with van der Waals surface area (Å²) < 4.78 is 7.48. The summed E-state index contributed by atoms with van der Waals surface area (Å²) >= 11 is 0. The van der Waals surface area contributed by atoms with Crippen LogP contribution in [0.5, 0.6) is 5.75 Å². The van der Waals surface area contributed by atoms with Crippen LogP contribution in [0.2, 0.25) is 0 Å². The van der Waals surface area contributed by atoms with Crippen molar-refractivity contribution in [2.24, 2.45) is 0 Å². The SMILES string of the molecule is [B]N(CCOc1ccccc1)Cc1nc(-c2ccc3ncnn3c2)c(-c2cccc(C)n2)[nH]1. The Bertz CT molecular complexity index is 1370. The Morgan fingerprint density at radius 1 is 1.03 bits per heavy atom. The van der Waals surface area contributed by atoms with Crippen LogP contribution in [0.25, 0.3) is 28.3 Å². The van der Waals surface area contributed by atoms with E-state index < -0.39 is 0 Å². The number of imidazole rings is 1. The number of aromatic amines is 1. The fourth-order valence-corrected chi connectivity index (χ4v) is 3.60. The van der Waals surface area contributed by atoms with E-state index in [0.29, 0.717) is 19.7 Å². The molecule has 0 aliphatic heterocycles. The lowest BCUT2D eigenvalue weighted by molar-refractivity contribution is 0.273. The molecule has 4 aromatic heterocycles. The van der Waals surface area contributed by atoms with Crippen molar-refractivity contribution in [2.75, 3.05) is 13.2 Å². The summed E-state index contributed by atoms with van der Waals surface area (Å²) in [5.74, 6) is 1.56. The van der Waals surface area contributed by atoms with Crippen LogP contribution in [0, 0.1) is 6.92 Å². The number of hydrogen-bond acceptors (Lipinski definition) is 6. The van der Waals surface area contributed by atoms with Gasteiger partial charge >= 0.3 is 0 Å². The highest BCUT2D eigenvalue weighted by Gasteiger charge is 2.17. The van der Waals surface area contributed by atoms with Crippen molar-refractivity contribution in [3.63, 3.8) is 0 Å². The third kappa shape index (κ3) is 4.78. The van der Waals surface area contributed by atoms with Crippen molar-refractivity contribution in [1.82, 2.24) is 34.4 Å². The first-order valence-electron chi connectivity index (χ1n) is 10.7. The number of pyridine rings is 2. The van der Waals surface area contributed by atoms with E-state index in [1.807, 2.05) is 73.8 Å². The van der Waals surface area contributed by atoms with Gasteiger partial charge in [0, 0.05) is 30.5 Å². The van der Waals surface area contributed by atoms with Gasteiger partial charge in [-0.1, -0.05) is 24.3 Å². The van der Waals surface area contributed by atoms with E-state index in [-0.39, 0.29) is 0 Å². The summed E-state index contributed by atoms with van der Waals surface area (Å²) in [6.45, 7) is 3.43. The molecule has 1 aromatic carbocycles. The van der Waals surface area contributed by atoms with E-state index in [0.717, 1.165) is 45.6 Å². The van der Waals surface area contributed by atoms with Gasteiger partial charge in [-0.05, 0) is 43.3 Å². The Hall–Kier alpha value is -3.98. The smallest absolute Gasteiger partial charge is 0.183 e. The van der Waals surface area contributed by atoms with Crippen molar-refractivity contribution < 1.29 is 4.74 Å². The highest BCUT2D eigenvalue weighted by atomic mass is 16.5. The third-order valence-corrected chi connectivity index (χ3v) is 5.19. The predicted octanol–water partition coefficient (Wildman–Crippen LogP) is 3.45. The van der Waals surface area contributed by atoms with Crippen molar-refractivity contribution >= 4 is 13.6 Å². The molecule has 0 saturated carbocycles. The number of H-pyrrole nitrogens is 1. The van der Waals surface area contributed by atoms with Gasteiger partial charge in [0.15, 0.2) is 13.6 Å². The van der Waals surface area contributed by atoms with Crippen molar-refractivity contribution in [3.8, 4) is 28.4 Å². The number of benzene rings is 1. The maximum atomic E-state index is 6.25. The molecule has 0 aliphatic rings. The standard InChI is InChI=1S/C24H22BN7O/c1-17-6-5-9-20(28-17)24-23(18-10-11-22-26-16-27-32(22)14-18)29-21(30-24)15-31(25)12-13-33-19-7-3-2-4-8-19/h2-11,14,16H,12-13,15H2,1H3,(H,29,30). The number of para-hydroxylation sites is 1. The Kier molecular flexibility index (Phi) is 5.86. The predicted molar refractivity (Wildman–Crippen MR) is 127 cm³/mol. The van der Waals surface area contributed by atoms with E-state index in [2.05, 4.69) is 20.1 Å². The molecule has 0 saturated heterocycles. The number of fused-ring (bicyclic) bond motifs is 1. The van der Waals surface area contributed by atoms with Crippen LogP contribution >= 0.6 is 0 Å². The van der Waals surface area contributed by atoms with Crippen molar-refractivity contribution in [1.29, 1.82) is 0 Å². The Labute approximate surface area is 192 Å². The van der Waals surface area contributed by atoms with Crippen LogP contribution in [-0.2, 0) is 6.54 Å². The average molecular weight is 435 g/mol. The molecule has 0 bridgehead atoms.